The van der Waals surface area contributed by atoms with E-state index in [1.165, 1.54) is 5.56 Å². The standard InChI is InChI=1S/C16H16BrClO2/c1-3-11-4-7-15(16(9-11)19-2)20-14-6-5-12(10-18)8-13(14)17/h4-9H,3,10H2,1-2H3. The smallest absolute Gasteiger partial charge is 0.169 e. The van der Waals surface area contributed by atoms with Gasteiger partial charge in [-0.05, 0) is 57.7 Å². The molecule has 2 rings (SSSR count). The Kier molecular flexibility index (Phi) is 5.32. The van der Waals surface area contributed by atoms with Crippen LogP contribution in [0.2, 0.25) is 0 Å². The molecule has 0 aliphatic rings. The molecule has 0 spiro atoms. The maximum atomic E-state index is 5.92. The molecule has 0 amide bonds. The Bertz CT molecular complexity index is 599. The van der Waals surface area contributed by atoms with Crippen LogP contribution in [0.5, 0.6) is 17.2 Å². The van der Waals surface area contributed by atoms with Crippen LogP contribution in [0, 0.1) is 0 Å². The van der Waals surface area contributed by atoms with Crippen molar-refractivity contribution in [1.82, 2.24) is 0 Å². The van der Waals surface area contributed by atoms with Crippen molar-refractivity contribution in [3.8, 4) is 17.2 Å². The highest BCUT2D eigenvalue weighted by atomic mass is 79.9. The van der Waals surface area contributed by atoms with Gasteiger partial charge in [0.15, 0.2) is 11.5 Å². The van der Waals surface area contributed by atoms with Gasteiger partial charge in [-0.25, -0.2) is 0 Å². The molecule has 0 atom stereocenters. The predicted octanol–water partition coefficient (Wildman–Crippen LogP) is 5.55. The summed E-state index contributed by atoms with van der Waals surface area (Å²) < 4.78 is 12.2. The molecule has 0 radical (unpaired) electrons. The molecule has 0 aliphatic heterocycles. The van der Waals surface area contributed by atoms with Crippen LogP contribution < -0.4 is 9.47 Å². The Labute approximate surface area is 132 Å². The quantitative estimate of drug-likeness (QED) is 0.655. The number of halogens is 2. The van der Waals surface area contributed by atoms with Gasteiger partial charge in [-0.3, -0.25) is 0 Å². The Morgan fingerprint density at radius 1 is 1.00 bits per heavy atom. The normalized spacial score (nSPS) is 10.4. The first-order valence-corrected chi connectivity index (χ1v) is 7.69. The molecule has 0 unspecified atom stereocenters. The summed E-state index contributed by atoms with van der Waals surface area (Å²) in [5.74, 6) is 2.65. The van der Waals surface area contributed by atoms with Crippen molar-refractivity contribution in [3.63, 3.8) is 0 Å². The van der Waals surface area contributed by atoms with Gasteiger partial charge in [-0.2, -0.15) is 0 Å². The zero-order valence-electron chi connectivity index (χ0n) is 11.5. The Balaban J connectivity index is 2.29. The molecule has 0 N–H and O–H groups in total. The van der Waals surface area contributed by atoms with Crippen molar-refractivity contribution >= 4 is 27.5 Å². The highest BCUT2D eigenvalue weighted by Gasteiger charge is 2.09. The molecular formula is C16H16BrClO2. The van der Waals surface area contributed by atoms with E-state index in [4.69, 9.17) is 21.1 Å². The molecule has 0 bridgehead atoms. The second-order valence-electron chi connectivity index (χ2n) is 4.34. The fourth-order valence-corrected chi connectivity index (χ4v) is 2.52. The van der Waals surface area contributed by atoms with Gasteiger partial charge in [0.25, 0.3) is 0 Å². The van der Waals surface area contributed by atoms with Gasteiger partial charge in [0.05, 0.1) is 11.6 Å². The highest BCUT2D eigenvalue weighted by molar-refractivity contribution is 9.10. The van der Waals surface area contributed by atoms with Gasteiger partial charge in [-0.1, -0.05) is 19.1 Å². The SMILES string of the molecule is CCc1ccc(Oc2ccc(CCl)cc2Br)c(OC)c1. The molecule has 0 aliphatic carbocycles. The molecule has 0 fully saturated rings. The number of rotatable bonds is 5. The first kappa shape index (κ1) is 15.2. The first-order chi connectivity index (χ1) is 9.67. The molecule has 0 aromatic heterocycles. The number of hydrogen-bond acceptors (Lipinski definition) is 2. The van der Waals surface area contributed by atoms with E-state index >= 15 is 0 Å². The second-order valence-corrected chi connectivity index (χ2v) is 5.46. The number of aryl methyl sites for hydroxylation is 1. The molecule has 0 heterocycles. The fraction of sp³-hybridized carbons (Fsp3) is 0.250. The molecule has 2 aromatic rings. The minimum absolute atomic E-state index is 0.480. The zero-order chi connectivity index (χ0) is 14.5. The Morgan fingerprint density at radius 3 is 2.30 bits per heavy atom. The summed E-state index contributed by atoms with van der Waals surface area (Å²) in [6, 6.07) is 11.8. The summed E-state index contributed by atoms with van der Waals surface area (Å²) in [5.41, 5.74) is 2.25. The molecule has 0 saturated heterocycles. The van der Waals surface area contributed by atoms with E-state index in [0.29, 0.717) is 11.6 Å². The average Bonchev–Trinajstić information content (AvgIpc) is 2.49. The summed E-state index contributed by atoms with van der Waals surface area (Å²) in [4.78, 5) is 0. The third kappa shape index (κ3) is 3.47. The third-order valence-electron chi connectivity index (χ3n) is 3.01. The average molecular weight is 356 g/mol. The molecule has 0 saturated carbocycles. The van der Waals surface area contributed by atoms with Crippen LogP contribution in [0.3, 0.4) is 0 Å². The van der Waals surface area contributed by atoms with Gasteiger partial charge in [0.1, 0.15) is 5.75 Å². The number of ether oxygens (including phenoxy) is 2. The van der Waals surface area contributed by atoms with Crippen LogP contribution in [-0.2, 0) is 12.3 Å². The lowest BCUT2D eigenvalue weighted by Crippen LogP contribution is -1.93. The van der Waals surface area contributed by atoms with E-state index < -0.39 is 0 Å². The minimum atomic E-state index is 0.480. The summed E-state index contributed by atoms with van der Waals surface area (Å²) in [6.45, 7) is 2.11. The monoisotopic (exact) mass is 354 g/mol. The third-order valence-corrected chi connectivity index (χ3v) is 3.94. The van der Waals surface area contributed by atoms with Crippen LogP contribution >= 0.6 is 27.5 Å². The summed E-state index contributed by atoms with van der Waals surface area (Å²) in [6.07, 6.45) is 0.963. The van der Waals surface area contributed by atoms with E-state index in [2.05, 4.69) is 22.9 Å². The lowest BCUT2D eigenvalue weighted by molar-refractivity contribution is 0.377. The largest absolute Gasteiger partial charge is 0.493 e. The number of alkyl halides is 1. The van der Waals surface area contributed by atoms with Crippen LogP contribution in [-0.4, -0.2) is 7.11 Å². The summed E-state index contributed by atoms with van der Waals surface area (Å²) >= 11 is 9.31. The maximum Gasteiger partial charge on any atom is 0.169 e. The van der Waals surface area contributed by atoms with E-state index in [9.17, 15) is 0 Å². The fourth-order valence-electron chi connectivity index (χ4n) is 1.84. The highest BCUT2D eigenvalue weighted by Crippen LogP contribution is 2.36. The van der Waals surface area contributed by atoms with Crippen molar-refractivity contribution in [3.05, 3.63) is 52.0 Å². The molecule has 2 aromatic carbocycles. The maximum absolute atomic E-state index is 5.92. The van der Waals surface area contributed by atoms with Gasteiger partial charge in [-0.15, -0.1) is 11.6 Å². The van der Waals surface area contributed by atoms with Crippen molar-refractivity contribution in [2.75, 3.05) is 7.11 Å². The van der Waals surface area contributed by atoms with E-state index in [1.807, 2.05) is 36.4 Å². The van der Waals surface area contributed by atoms with Gasteiger partial charge >= 0.3 is 0 Å². The first-order valence-electron chi connectivity index (χ1n) is 6.37. The lowest BCUT2D eigenvalue weighted by atomic mass is 10.1. The van der Waals surface area contributed by atoms with Crippen LogP contribution in [0.4, 0.5) is 0 Å². The molecule has 4 heteroatoms. The van der Waals surface area contributed by atoms with Gasteiger partial charge in [0, 0.05) is 5.88 Å². The molecule has 20 heavy (non-hydrogen) atoms. The zero-order valence-corrected chi connectivity index (χ0v) is 13.8. The lowest BCUT2D eigenvalue weighted by Gasteiger charge is -2.13. The molecule has 106 valence electrons. The Hall–Kier alpha value is -1.19. The van der Waals surface area contributed by atoms with Crippen molar-refractivity contribution in [2.45, 2.75) is 19.2 Å². The number of hydrogen-bond donors (Lipinski definition) is 0. The molecule has 2 nitrogen and oxygen atoms in total. The molecular weight excluding hydrogens is 340 g/mol. The topological polar surface area (TPSA) is 18.5 Å². The van der Waals surface area contributed by atoms with Crippen molar-refractivity contribution in [1.29, 1.82) is 0 Å². The predicted molar refractivity (Wildman–Crippen MR) is 86.1 cm³/mol. The van der Waals surface area contributed by atoms with Crippen molar-refractivity contribution in [2.24, 2.45) is 0 Å². The van der Waals surface area contributed by atoms with Crippen LogP contribution in [0.15, 0.2) is 40.9 Å². The van der Waals surface area contributed by atoms with E-state index in [1.54, 1.807) is 7.11 Å². The minimum Gasteiger partial charge on any atom is -0.493 e. The second kappa shape index (κ2) is 7.00. The van der Waals surface area contributed by atoms with Crippen molar-refractivity contribution < 1.29 is 9.47 Å². The van der Waals surface area contributed by atoms with Gasteiger partial charge in [0.2, 0.25) is 0 Å². The van der Waals surface area contributed by atoms with E-state index in [0.717, 1.165) is 28.0 Å². The number of benzene rings is 2. The number of methoxy groups -OCH3 is 1. The van der Waals surface area contributed by atoms with Crippen LogP contribution in [0.25, 0.3) is 0 Å². The Morgan fingerprint density at radius 2 is 1.70 bits per heavy atom. The summed E-state index contributed by atoms with van der Waals surface area (Å²) in [5, 5.41) is 0. The van der Waals surface area contributed by atoms with Gasteiger partial charge < -0.3 is 9.47 Å². The van der Waals surface area contributed by atoms with E-state index in [-0.39, 0.29) is 0 Å². The summed E-state index contributed by atoms with van der Waals surface area (Å²) in [7, 11) is 1.65. The van der Waals surface area contributed by atoms with Crippen LogP contribution in [0.1, 0.15) is 18.1 Å².